The third-order valence-corrected chi connectivity index (χ3v) is 4.62. The third kappa shape index (κ3) is 6.11. The van der Waals surface area contributed by atoms with Crippen LogP contribution in [-0.2, 0) is 19.1 Å². The van der Waals surface area contributed by atoms with Crippen molar-refractivity contribution >= 4 is 17.6 Å². The SMILES string of the molecule is CCNC(=NCCC(O)(c1nccn1C)C(F)(F)F)NCCc1ccc(Cl)cc1. The second-order valence-corrected chi connectivity index (χ2v) is 6.97. The number of guanidine groups is 1. The minimum absolute atomic E-state index is 0.237. The highest BCUT2D eigenvalue weighted by atomic mass is 35.5. The molecule has 0 saturated heterocycles. The molecule has 0 aliphatic carbocycles. The monoisotopic (exact) mass is 431 g/mol. The number of hydrogen-bond acceptors (Lipinski definition) is 3. The Morgan fingerprint density at radius 2 is 1.93 bits per heavy atom. The third-order valence-electron chi connectivity index (χ3n) is 4.37. The molecule has 1 aromatic carbocycles. The Bertz CT molecular complexity index is 807. The van der Waals surface area contributed by atoms with Gasteiger partial charge in [0.2, 0.25) is 5.60 Å². The number of hydrogen-bond donors (Lipinski definition) is 3. The summed E-state index contributed by atoms with van der Waals surface area (Å²) in [5.74, 6) is -0.0771. The lowest BCUT2D eigenvalue weighted by atomic mass is 9.98. The first kappa shape index (κ1) is 23.0. The van der Waals surface area contributed by atoms with E-state index < -0.39 is 24.0 Å². The molecule has 2 aromatic rings. The van der Waals surface area contributed by atoms with Crippen LogP contribution in [0.3, 0.4) is 0 Å². The maximum atomic E-state index is 13.5. The maximum Gasteiger partial charge on any atom is 0.424 e. The molecule has 160 valence electrons. The van der Waals surface area contributed by atoms with E-state index in [-0.39, 0.29) is 6.54 Å². The van der Waals surface area contributed by atoms with Crippen molar-refractivity contribution in [2.75, 3.05) is 19.6 Å². The predicted octanol–water partition coefficient (Wildman–Crippen LogP) is 3.01. The second-order valence-electron chi connectivity index (χ2n) is 6.53. The molecule has 10 heteroatoms. The van der Waals surface area contributed by atoms with Gasteiger partial charge in [0.25, 0.3) is 0 Å². The minimum atomic E-state index is -4.87. The van der Waals surface area contributed by atoms with Gasteiger partial charge in [-0.05, 0) is 31.0 Å². The molecule has 6 nitrogen and oxygen atoms in total. The molecule has 29 heavy (non-hydrogen) atoms. The lowest BCUT2D eigenvalue weighted by Crippen LogP contribution is -2.45. The van der Waals surface area contributed by atoms with Crippen molar-refractivity contribution in [1.29, 1.82) is 0 Å². The summed E-state index contributed by atoms with van der Waals surface area (Å²) in [7, 11) is 1.41. The number of aromatic nitrogens is 2. The Labute approximate surface area is 172 Å². The van der Waals surface area contributed by atoms with Crippen LogP contribution in [0.5, 0.6) is 0 Å². The number of aliphatic hydroxyl groups is 1. The summed E-state index contributed by atoms with van der Waals surface area (Å²) < 4.78 is 41.8. The first-order valence-corrected chi connectivity index (χ1v) is 9.58. The molecule has 2 rings (SSSR count). The molecule has 0 saturated carbocycles. The summed E-state index contributed by atoms with van der Waals surface area (Å²) >= 11 is 5.86. The van der Waals surface area contributed by atoms with Crippen molar-refractivity contribution in [3.63, 3.8) is 0 Å². The van der Waals surface area contributed by atoms with E-state index >= 15 is 0 Å². The van der Waals surface area contributed by atoms with Gasteiger partial charge < -0.3 is 20.3 Å². The van der Waals surface area contributed by atoms with E-state index in [9.17, 15) is 18.3 Å². The minimum Gasteiger partial charge on any atom is -0.374 e. The van der Waals surface area contributed by atoms with Crippen molar-refractivity contribution in [3.8, 4) is 0 Å². The quantitative estimate of drug-likeness (QED) is 0.443. The first-order chi connectivity index (χ1) is 13.7. The van der Waals surface area contributed by atoms with E-state index in [1.165, 1.54) is 19.4 Å². The van der Waals surface area contributed by atoms with Gasteiger partial charge in [-0.15, -0.1) is 0 Å². The molecule has 1 unspecified atom stereocenters. The van der Waals surface area contributed by atoms with Crippen LogP contribution in [-0.4, -0.2) is 46.4 Å². The first-order valence-electron chi connectivity index (χ1n) is 9.21. The van der Waals surface area contributed by atoms with Gasteiger partial charge >= 0.3 is 6.18 Å². The zero-order valence-corrected chi connectivity index (χ0v) is 17.1. The van der Waals surface area contributed by atoms with Crippen LogP contribution in [0.25, 0.3) is 0 Å². The molecule has 0 fully saturated rings. The van der Waals surface area contributed by atoms with Crippen LogP contribution >= 0.6 is 11.6 Å². The number of aliphatic imine (C=N–C) groups is 1. The molecule has 0 amide bonds. The summed E-state index contributed by atoms with van der Waals surface area (Å²) in [4.78, 5) is 7.85. The molecule has 0 aliphatic heterocycles. The van der Waals surface area contributed by atoms with Gasteiger partial charge in [-0.3, -0.25) is 4.99 Å². The Hall–Kier alpha value is -2.26. The summed E-state index contributed by atoms with van der Waals surface area (Å²) in [6.07, 6.45) is -2.24. The number of rotatable bonds is 8. The van der Waals surface area contributed by atoms with Crippen LogP contribution < -0.4 is 10.6 Å². The number of alkyl halides is 3. The fourth-order valence-electron chi connectivity index (χ4n) is 2.79. The molecule has 0 bridgehead atoms. The highest BCUT2D eigenvalue weighted by molar-refractivity contribution is 6.30. The van der Waals surface area contributed by atoms with Crippen molar-refractivity contribution in [3.05, 3.63) is 53.1 Å². The highest BCUT2D eigenvalue weighted by Crippen LogP contribution is 2.40. The molecule has 1 heterocycles. The van der Waals surface area contributed by atoms with Gasteiger partial charge in [0.15, 0.2) is 5.96 Å². The summed E-state index contributed by atoms with van der Waals surface area (Å²) in [5, 5.41) is 17.1. The van der Waals surface area contributed by atoms with Gasteiger partial charge in [0, 0.05) is 50.5 Å². The largest absolute Gasteiger partial charge is 0.424 e. The van der Waals surface area contributed by atoms with Crippen molar-refractivity contribution < 1.29 is 18.3 Å². The number of aryl methyl sites for hydroxylation is 1. The number of nitrogens with zero attached hydrogens (tertiary/aromatic N) is 3. The number of halogens is 4. The van der Waals surface area contributed by atoms with Gasteiger partial charge in [-0.1, -0.05) is 23.7 Å². The van der Waals surface area contributed by atoms with Gasteiger partial charge in [-0.2, -0.15) is 13.2 Å². The lowest BCUT2D eigenvalue weighted by Gasteiger charge is -2.29. The average Bonchev–Trinajstić information content (AvgIpc) is 3.08. The fourth-order valence-corrected chi connectivity index (χ4v) is 2.92. The van der Waals surface area contributed by atoms with Crippen LogP contribution in [0, 0.1) is 0 Å². The van der Waals surface area contributed by atoms with Crippen molar-refractivity contribution in [2.45, 2.75) is 31.5 Å². The predicted molar refractivity (Wildman–Crippen MR) is 107 cm³/mol. The van der Waals surface area contributed by atoms with Gasteiger partial charge in [0.05, 0.1) is 0 Å². The van der Waals surface area contributed by atoms with E-state index in [2.05, 4.69) is 20.6 Å². The van der Waals surface area contributed by atoms with Crippen LogP contribution in [0.4, 0.5) is 13.2 Å². The summed E-state index contributed by atoms with van der Waals surface area (Å²) in [6, 6.07) is 7.41. The van der Waals surface area contributed by atoms with E-state index in [0.717, 1.165) is 10.1 Å². The maximum absolute atomic E-state index is 13.5. The zero-order valence-electron chi connectivity index (χ0n) is 16.3. The standard InChI is InChI=1S/C19H25ClF3N5O/c1-3-24-17(26-10-8-14-4-6-15(20)7-5-14)27-11-9-18(29,19(21,22)23)16-25-12-13-28(16)2/h4-7,12-13,29H,3,8-11H2,1-2H3,(H2,24,26,27). The number of imidazole rings is 1. The topological polar surface area (TPSA) is 74.5 Å². The Morgan fingerprint density at radius 3 is 2.48 bits per heavy atom. The molecule has 1 atom stereocenters. The van der Waals surface area contributed by atoms with E-state index in [4.69, 9.17) is 11.6 Å². The fraction of sp³-hybridized carbons (Fsp3) is 0.474. The highest BCUT2D eigenvalue weighted by Gasteiger charge is 2.57. The van der Waals surface area contributed by atoms with Crippen LogP contribution in [0.1, 0.15) is 24.7 Å². The molecular weight excluding hydrogens is 407 g/mol. The summed E-state index contributed by atoms with van der Waals surface area (Å²) in [6.45, 7) is 2.71. The van der Waals surface area contributed by atoms with E-state index in [1.54, 1.807) is 12.1 Å². The van der Waals surface area contributed by atoms with E-state index in [0.29, 0.717) is 30.5 Å². The van der Waals surface area contributed by atoms with E-state index in [1.807, 2.05) is 19.1 Å². The molecule has 3 N–H and O–H groups in total. The summed E-state index contributed by atoms with van der Waals surface area (Å²) in [5.41, 5.74) is -2.01. The second kappa shape index (κ2) is 9.98. The Morgan fingerprint density at radius 1 is 1.24 bits per heavy atom. The molecule has 1 aromatic heterocycles. The van der Waals surface area contributed by atoms with Gasteiger partial charge in [-0.25, -0.2) is 4.98 Å². The molecule has 0 spiro atoms. The molecule has 0 aliphatic rings. The van der Waals surface area contributed by atoms with Crippen LogP contribution in [0.15, 0.2) is 41.7 Å². The average molecular weight is 432 g/mol. The normalized spacial score (nSPS) is 14.5. The van der Waals surface area contributed by atoms with Crippen LogP contribution in [0.2, 0.25) is 5.02 Å². The van der Waals surface area contributed by atoms with Crippen molar-refractivity contribution in [2.24, 2.45) is 12.0 Å². The number of benzene rings is 1. The number of nitrogens with one attached hydrogen (secondary N) is 2. The smallest absolute Gasteiger partial charge is 0.374 e. The van der Waals surface area contributed by atoms with Crippen molar-refractivity contribution in [1.82, 2.24) is 20.2 Å². The molecule has 0 radical (unpaired) electrons. The Balaban J connectivity index is 2.00. The zero-order chi connectivity index (χ0) is 21.5. The lowest BCUT2D eigenvalue weighted by molar-refractivity contribution is -0.272. The Kier molecular flexibility index (Phi) is 7.92. The van der Waals surface area contributed by atoms with Gasteiger partial charge in [0.1, 0.15) is 5.82 Å². The molecular formula is C19H25ClF3N5O.